The molecule has 7 heteroatoms. The van der Waals surface area contributed by atoms with Crippen molar-refractivity contribution in [2.45, 2.75) is 0 Å². The fourth-order valence-electron chi connectivity index (χ4n) is 2.37. The van der Waals surface area contributed by atoms with Crippen LogP contribution in [0, 0.1) is 0 Å². The average Bonchev–Trinajstić information content (AvgIpc) is 2.67. The number of benzene rings is 2. The first kappa shape index (κ1) is 16.5. The van der Waals surface area contributed by atoms with Crippen LogP contribution in [0.4, 0.5) is 0 Å². The summed E-state index contributed by atoms with van der Waals surface area (Å²) in [5.41, 5.74) is 1.18. The molecule has 0 bridgehead atoms. The number of aromatic nitrogens is 3. The lowest BCUT2D eigenvalue weighted by atomic mass is 10.1. The van der Waals surface area contributed by atoms with Crippen LogP contribution in [0.25, 0.3) is 22.8 Å². The lowest BCUT2D eigenvalue weighted by Crippen LogP contribution is -1.98. The summed E-state index contributed by atoms with van der Waals surface area (Å²) < 4.78 is 15.7. The van der Waals surface area contributed by atoms with Crippen LogP contribution in [0.15, 0.2) is 42.7 Å². The lowest BCUT2D eigenvalue weighted by molar-refractivity contribution is 0.395. The van der Waals surface area contributed by atoms with E-state index in [1.54, 1.807) is 38.5 Å². The summed E-state index contributed by atoms with van der Waals surface area (Å²) in [6, 6.07) is 10.3. The van der Waals surface area contributed by atoms with Gasteiger partial charge < -0.3 is 19.3 Å². The molecule has 1 aromatic heterocycles. The number of nitrogens with zero attached hydrogens (tertiary/aromatic N) is 3. The van der Waals surface area contributed by atoms with Gasteiger partial charge in [0.25, 0.3) is 0 Å². The number of rotatable bonds is 5. The smallest absolute Gasteiger partial charge is 0.167 e. The second-order valence-electron chi connectivity index (χ2n) is 5.08. The van der Waals surface area contributed by atoms with Crippen LogP contribution in [0.5, 0.6) is 23.0 Å². The first-order chi connectivity index (χ1) is 12.2. The van der Waals surface area contributed by atoms with Crippen LogP contribution in [0.1, 0.15) is 0 Å². The maximum atomic E-state index is 10.2. The van der Waals surface area contributed by atoms with Crippen molar-refractivity contribution >= 4 is 0 Å². The molecule has 0 saturated carbocycles. The second kappa shape index (κ2) is 7.04. The predicted molar refractivity (Wildman–Crippen MR) is 92.0 cm³/mol. The molecule has 3 aromatic rings. The Morgan fingerprint density at radius 3 is 1.96 bits per heavy atom. The van der Waals surface area contributed by atoms with E-state index in [9.17, 15) is 5.11 Å². The van der Waals surface area contributed by atoms with Gasteiger partial charge in [-0.3, -0.25) is 0 Å². The van der Waals surface area contributed by atoms with Gasteiger partial charge in [-0.25, -0.2) is 15.0 Å². The van der Waals surface area contributed by atoms with Crippen LogP contribution >= 0.6 is 0 Å². The fraction of sp³-hybridized carbons (Fsp3) is 0.167. The molecule has 0 saturated heterocycles. The Balaban J connectivity index is 2.06. The maximum Gasteiger partial charge on any atom is 0.167 e. The highest BCUT2D eigenvalue weighted by Gasteiger charge is 2.14. The number of methoxy groups -OCH3 is 3. The molecule has 1 heterocycles. The molecule has 0 fully saturated rings. The highest BCUT2D eigenvalue weighted by molar-refractivity contribution is 5.70. The van der Waals surface area contributed by atoms with Gasteiger partial charge in [0.05, 0.1) is 32.5 Å². The Kier molecular flexibility index (Phi) is 4.65. The number of hydrogen-bond acceptors (Lipinski definition) is 7. The Labute approximate surface area is 144 Å². The van der Waals surface area contributed by atoms with E-state index in [0.717, 1.165) is 0 Å². The molecule has 2 aromatic carbocycles. The van der Waals surface area contributed by atoms with Crippen molar-refractivity contribution in [1.29, 1.82) is 0 Å². The van der Waals surface area contributed by atoms with Crippen LogP contribution in [0.3, 0.4) is 0 Å². The Hall–Kier alpha value is -3.35. The molecule has 7 nitrogen and oxygen atoms in total. The van der Waals surface area contributed by atoms with E-state index in [1.807, 2.05) is 6.07 Å². The van der Waals surface area contributed by atoms with E-state index >= 15 is 0 Å². The SMILES string of the molecule is COc1ccc(-c2ncnc(-c3ccc(OC)cc3OC)n2)c(O)c1. The molecule has 1 N–H and O–H groups in total. The van der Waals surface area contributed by atoms with Crippen molar-refractivity contribution in [3.63, 3.8) is 0 Å². The van der Waals surface area contributed by atoms with Gasteiger partial charge in [-0.15, -0.1) is 0 Å². The van der Waals surface area contributed by atoms with E-state index in [-0.39, 0.29) is 5.75 Å². The average molecular weight is 339 g/mol. The van der Waals surface area contributed by atoms with Crippen molar-refractivity contribution < 1.29 is 19.3 Å². The minimum absolute atomic E-state index is 0.0261. The minimum Gasteiger partial charge on any atom is -0.507 e. The van der Waals surface area contributed by atoms with E-state index in [4.69, 9.17) is 14.2 Å². The molecular weight excluding hydrogens is 322 g/mol. The highest BCUT2D eigenvalue weighted by Crippen LogP contribution is 2.34. The van der Waals surface area contributed by atoms with Crippen molar-refractivity contribution in [3.05, 3.63) is 42.7 Å². The number of phenols is 1. The van der Waals surface area contributed by atoms with Gasteiger partial charge >= 0.3 is 0 Å². The zero-order chi connectivity index (χ0) is 17.8. The van der Waals surface area contributed by atoms with Gasteiger partial charge in [0.2, 0.25) is 0 Å². The Morgan fingerprint density at radius 1 is 0.760 bits per heavy atom. The summed E-state index contributed by atoms with van der Waals surface area (Å²) in [5.74, 6) is 2.60. The molecule has 0 atom stereocenters. The minimum atomic E-state index is 0.0261. The van der Waals surface area contributed by atoms with Crippen LogP contribution in [0.2, 0.25) is 0 Å². The van der Waals surface area contributed by atoms with Crippen molar-refractivity contribution in [1.82, 2.24) is 15.0 Å². The van der Waals surface area contributed by atoms with Gasteiger partial charge in [0.1, 0.15) is 29.3 Å². The third-order valence-corrected chi connectivity index (χ3v) is 3.67. The first-order valence-corrected chi connectivity index (χ1v) is 7.45. The first-order valence-electron chi connectivity index (χ1n) is 7.45. The fourth-order valence-corrected chi connectivity index (χ4v) is 2.37. The number of hydrogen-bond donors (Lipinski definition) is 1. The zero-order valence-electron chi connectivity index (χ0n) is 14.1. The van der Waals surface area contributed by atoms with Crippen molar-refractivity contribution in [3.8, 4) is 45.8 Å². The molecule has 25 heavy (non-hydrogen) atoms. The van der Waals surface area contributed by atoms with Crippen molar-refractivity contribution in [2.24, 2.45) is 0 Å². The molecule has 128 valence electrons. The molecule has 0 spiro atoms. The largest absolute Gasteiger partial charge is 0.507 e. The van der Waals surface area contributed by atoms with E-state index in [1.165, 1.54) is 19.5 Å². The molecule has 0 aliphatic rings. The lowest BCUT2D eigenvalue weighted by Gasteiger charge is -2.10. The Bertz CT molecular complexity index is 899. The summed E-state index contributed by atoms with van der Waals surface area (Å²) in [6.07, 6.45) is 1.39. The second-order valence-corrected chi connectivity index (χ2v) is 5.08. The van der Waals surface area contributed by atoms with Crippen LogP contribution in [-0.4, -0.2) is 41.4 Å². The van der Waals surface area contributed by atoms with Gasteiger partial charge in [0.15, 0.2) is 11.6 Å². The maximum absolute atomic E-state index is 10.2. The molecule has 0 aliphatic heterocycles. The van der Waals surface area contributed by atoms with E-state index in [0.29, 0.717) is 40.0 Å². The predicted octanol–water partition coefficient (Wildman–Crippen LogP) is 2.94. The molecule has 0 radical (unpaired) electrons. The quantitative estimate of drug-likeness (QED) is 0.764. The molecule has 0 aliphatic carbocycles. The summed E-state index contributed by atoms with van der Waals surface area (Å²) in [5, 5.41) is 10.2. The number of ether oxygens (including phenoxy) is 3. The third-order valence-electron chi connectivity index (χ3n) is 3.67. The summed E-state index contributed by atoms with van der Waals surface area (Å²) in [6.45, 7) is 0. The third kappa shape index (κ3) is 3.30. The van der Waals surface area contributed by atoms with Gasteiger partial charge in [-0.05, 0) is 24.3 Å². The normalized spacial score (nSPS) is 10.4. The molecular formula is C18H17N3O4. The number of phenolic OH excluding ortho intramolecular Hbond substituents is 1. The number of aromatic hydroxyl groups is 1. The zero-order valence-corrected chi connectivity index (χ0v) is 14.1. The van der Waals surface area contributed by atoms with Crippen LogP contribution in [-0.2, 0) is 0 Å². The molecule has 0 amide bonds. The molecule has 3 rings (SSSR count). The standard InChI is InChI=1S/C18H17N3O4/c1-23-11-4-6-13(15(22)8-11)17-19-10-20-18(21-17)14-7-5-12(24-2)9-16(14)25-3/h4-10,22H,1-3H3. The Morgan fingerprint density at radius 2 is 1.36 bits per heavy atom. The van der Waals surface area contributed by atoms with Crippen LogP contribution < -0.4 is 14.2 Å². The van der Waals surface area contributed by atoms with E-state index < -0.39 is 0 Å². The highest BCUT2D eigenvalue weighted by atomic mass is 16.5. The van der Waals surface area contributed by atoms with Gasteiger partial charge in [0, 0.05) is 12.1 Å². The van der Waals surface area contributed by atoms with Gasteiger partial charge in [-0.2, -0.15) is 0 Å². The summed E-state index contributed by atoms with van der Waals surface area (Å²) >= 11 is 0. The summed E-state index contributed by atoms with van der Waals surface area (Å²) in [4.78, 5) is 12.8. The van der Waals surface area contributed by atoms with Crippen molar-refractivity contribution in [2.75, 3.05) is 21.3 Å². The molecule has 0 unspecified atom stereocenters. The monoisotopic (exact) mass is 339 g/mol. The van der Waals surface area contributed by atoms with E-state index in [2.05, 4.69) is 15.0 Å². The topological polar surface area (TPSA) is 86.6 Å². The summed E-state index contributed by atoms with van der Waals surface area (Å²) in [7, 11) is 4.68. The van der Waals surface area contributed by atoms with Gasteiger partial charge in [-0.1, -0.05) is 0 Å².